The van der Waals surface area contributed by atoms with Gasteiger partial charge in [-0.15, -0.1) is 5.10 Å². The van der Waals surface area contributed by atoms with Crippen molar-refractivity contribution in [3.8, 4) is 5.69 Å². The van der Waals surface area contributed by atoms with Crippen LogP contribution in [0.25, 0.3) is 5.69 Å². The van der Waals surface area contributed by atoms with Gasteiger partial charge in [0, 0.05) is 17.2 Å². The smallest absolute Gasteiger partial charge is 0.272 e. The molecule has 0 atom stereocenters. The van der Waals surface area contributed by atoms with Crippen LogP contribution < -0.4 is 5.32 Å². The lowest BCUT2D eigenvalue weighted by molar-refractivity contribution is 0.101. The fourth-order valence-corrected chi connectivity index (χ4v) is 2.61. The SMILES string of the molecule is CCn1cc(Br)cc1C(=O)Nc1cc(-n2cnnn2)ccc1F. The highest BCUT2D eigenvalue weighted by atomic mass is 79.9. The number of amides is 1. The van der Waals surface area contributed by atoms with E-state index in [0.717, 1.165) is 4.47 Å². The van der Waals surface area contributed by atoms with Gasteiger partial charge in [0.2, 0.25) is 0 Å². The van der Waals surface area contributed by atoms with Gasteiger partial charge in [0.1, 0.15) is 17.8 Å². The minimum Gasteiger partial charge on any atom is -0.343 e. The normalized spacial score (nSPS) is 10.7. The molecule has 0 saturated carbocycles. The molecule has 0 bridgehead atoms. The summed E-state index contributed by atoms with van der Waals surface area (Å²) in [5.74, 6) is -0.936. The summed E-state index contributed by atoms with van der Waals surface area (Å²) >= 11 is 3.33. The molecular formula is C14H12BrFN6O. The number of nitrogens with zero attached hydrogens (tertiary/aromatic N) is 5. The van der Waals surface area contributed by atoms with Crippen LogP contribution in [0.3, 0.4) is 0 Å². The number of carbonyl (C=O) groups is 1. The maximum atomic E-state index is 14.0. The van der Waals surface area contributed by atoms with Crippen molar-refractivity contribution >= 4 is 27.5 Å². The molecule has 0 radical (unpaired) electrons. The third-order valence-corrected chi connectivity index (χ3v) is 3.68. The average Bonchev–Trinajstić information content (AvgIpc) is 3.18. The Morgan fingerprint density at radius 3 is 2.91 bits per heavy atom. The molecule has 1 aromatic carbocycles. The summed E-state index contributed by atoms with van der Waals surface area (Å²) in [5, 5.41) is 13.4. The van der Waals surface area contributed by atoms with E-state index in [-0.39, 0.29) is 5.69 Å². The predicted octanol–water partition coefficient (Wildman–Crippen LogP) is 2.64. The largest absolute Gasteiger partial charge is 0.343 e. The van der Waals surface area contributed by atoms with Gasteiger partial charge in [-0.2, -0.15) is 0 Å². The van der Waals surface area contributed by atoms with Gasteiger partial charge in [0.15, 0.2) is 0 Å². The number of hydrogen-bond acceptors (Lipinski definition) is 4. The van der Waals surface area contributed by atoms with E-state index < -0.39 is 11.7 Å². The van der Waals surface area contributed by atoms with Gasteiger partial charge in [-0.05, 0) is 57.5 Å². The van der Waals surface area contributed by atoms with Crippen molar-refractivity contribution in [1.82, 2.24) is 24.8 Å². The van der Waals surface area contributed by atoms with E-state index in [2.05, 4.69) is 36.8 Å². The van der Waals surface area contributed by atoms with Crippen LogP contribution in [0.1, 0.15) is 17.4 Å². The van der Waals surface area contributed by atoms with E-state index in [1.54, 1.807) is 16.8 Å². The molecule has 1 N–H and O–H groups in total. The van der Waals surface area contributed by atoms with E-state index in [1.807, 2.05) is 6.92 Å². The second-order valence-corrected chi connectivity index (χ2v) is 5.62. The standard InChI is InChI=1S/C14H12BrFN6O/c1-2-21-7-9(15)5-13(21)14(23)18-12-6-10(3-4-11(12)16)22-8-17-19-20-22/h3-8H,2H2,1H3,(H,18,23). The van der Waals surface area contributed by atoms with E-state index in [4.69, 9.17) is 0 Å². The molecule has 9 heteroatoms. The molecule has 0 fully saturated rings. The molecule has 0 saturated heterocycles. The van der Waals surface area contributed by atoms with Gasteiger partial charge in [-0.3, -0.25) is 4.79 Å². The monoisotopic (exact) mass is 378 g/mol. The van der Waals surface area contributed by atoms with Crippen LogP contribution in [0.4, 0.5) is 10.1 Å². The fraction of sp³-hybridized carbons (Fsp3) is 0.143. The lowest BCUT2D eigenvalue weighted by Crippen LogP contribution is -2.17. The molecule has 3 aromatic rings. The first kappa shape index (κ1) is 15.3. The van der Waals surface area contributed by atoms with E-state index >= 15 is 0 Å². The number of carbonyl (C=O) groups excluding carboxylic acids is 1. The van der Waals surface area contributed by atoms with E-state index in [0.29, 0.717) is 17.9 Å². The van der Waals surface area contributed by atoms with Gasteiger partial charge < -0.3 is 9.88 Å². The molecule has 23 heavy (non-hydrogen) atoms. The highest BCUT2D eigenvalue weighted by Crippen LogP contribution is 2.21. The number of aryl methyl sites for hydroxylation is 1. The number of tetrazole rings is 1. The van der Waals surface area contributed by atoms with E-state index in [9.17, 15) is 9.18 Å². The zero-order valence-electron chi connectivity index (χ0n) is 12.1. The summed E-state index contributed by atoms with van der Waals surface area (Å²) in [5.41, 5.74) is 1.04. The Bertz CT molecular complexity index is 845. The molecule has 0 aliphatic carbocycles. The number of aromatic nitrogens is 5. The Morgan fingerprint density at radius 1 is 1.39 bits per heavy atom. The summed E-state index contributed by atoms with van der Waals surface area (Å²) in [7, 11) is 0. The van der Waals surface area contributed by atoms with Gasteiger partial charge >= 0.3 is 0 Å². The van der Waals surface area contributed by atoms with Crippen LogP contribution >= 0.6 is 15.9 Å². The van der Waals surface area contributed by atoms with Crippen molar-refractivity contribution in [2.45, 2.75) is 13.5 Å². The molecule has 1 amide bonds. The molecule has 3 rings (SSSR count). The average molecular weight is 379 g/mol. The van der Waals surface area contributed by atoms with Crippen LogP contribution in [0.2, 0.25) is 0 Å². The predicted molar refractivity (Wildman–Crippen MR) is 84.9 cm³/mol. The first-order chi connectivity index (χ1) is 11.1. The molecule has 0 aliphatic heterocycles. The lowest BCUT2D eigenvalue weighted by atomic mass is 10.2. The number of rotatable bonds is 4. The Balaban J connectivity index is 1.90. The van der Waals surface area contributed by atoms with Crippen molar-refractivity contribution in [3.05, 3.63) is 52.8 Å². The second-order valence-electron chi connectivity index (χ2n) is 4.70. The lowest BCUT2D eigenvalue weighted by Gasteiger charge is -2.10. The summed E-state index contributed by atoms with van der Waals surface area (Å²) < 4.78 is 17.9. The summed E-state index contributed by atoms with van der Waals surface area (Å²) in [4.78, 5) is 12.4. The van der Waals surface area contributed by atoms with Crippen molar-refractivity contribution < 1.29 is 9.18 Å². The topological polar surface area (TPSA) is 77.6 Å². The van der Waals surface area contributed by atoms with Crippen molar-refractivity contribution in [1.29, 1.82) is 0 Å². The van der Waals surface area contributed by atoms with Gasteiger partial charge in [0.25, 0.3) is 5.91 Å². The van der Waals surface area contributed by atoms with Crippen LogP contribution in [-0.4, -0.2) is 30.7 Å². The number of nitrogens with one attached hydrogen (secondary N) is 1. The van der Waals surface area contributed by atoms with Crippen LogP contribution in [0, 0.1) is 5.82 Å². The molecule has 2 heterocycles. The van der Waals surface area contributed by atoms with Gasteiger partial charge in [-0.1, -0.05) is 0 Å². The second kappa shape index (κ2) is 6.29. The minimum absolute atomic E-state index is 0.0583. The molecule has 0 aliphatic rings. The maximum Gasteiger partial charge on any atom is 0.272 e. The zero-order chi connectivity index (χ0) is 16.4. The molecule has 0 spiro atoms. The van der Waals surface area contributed by atoms with Crippen molar-refractivity contribution in [3.63, 3.8) is 0 Å². The highest BCUT2D eigenvalue weighted by molar-refractivity contribution is 9.10. The number of benzene rings is 1. The van der Waals surface area contributed by atoms with Gasteiger partial charge in [-0.25, -0.2) is 9.07 Å². The Kier molecular flexibility index (Phi) is 4.20. The quantitative estimate of drug-likeness (QED) is 0.756. The Morgan fingerprint density at radius 2 is 2.22 bits per heavy atom. The molecule has 2 aromatic heterocycles. The first-order valence-electron chi connectivity index (χ1n) is 6.78. The van der Waals surface area contributed by atoms with Crippen molar-refractivity contribution in [2.24, 2.45) is 0 Å². The molecular weight excluding hydrogens is 367 g/mol. The van der Waals surface area contributed by atoms with Crippen LogP contribution in [-0.2, 0) is 6.54 Å². The maximum absolute atomic E-state index is 14.0. The first-order valence-corrected chi connectivity index (χ1v) is 7.57. The number of anilines is 1. The third kappa shape index (κ3) is 3.14. The van der Waals surface area contributed by atoms with E-state index in [1.165, 1.54) is 29.2 Å². The van der Waals surface area contributed by atoms with Crippen LogP contribution in [0.5, 0.6) is 0 Å². The molecule has 118 valence electrons. The number of halogens is 2. The minimum atomic E-state index is -0.538. The van der Waals surface area contributed by atoms with Gasteiger partial charge in [0.05, 0.1) is 11.4 Å². The highest BCUT2D eigenvalue weighted by Gasteiger charge is 2.15. The Labute approximate surface area is 139 Å². The van der Waals surface area contributed by atoms with Crippen molar-refractivity contribution in [2.75, 3.05) is 5.32 Å². The molecule has 7 nitrogen and oxygen atoms in total. The fourth-order valence-electron chi connectivity index (χ4n) is 2.14. The van der Waals surface area contributed by atoms with Crippen LogP contribution in [0.15, 0.2) is 41.3 Å². The Hall–Kier alpha value is -2.55. The third-order valence-electron chi connectivity index (χ3n) is 3.25. The molecule has 0 unspecified atom stereocenters. The summed E-state index contributed by atoms with van der Waals surface area (Å²) in [6.45, 7) is 2.55. The number of hydrogen-bond donors (Lipinski definition) is 1. The summed E-state index contributed by atoms with van der Waals surface area (Å²) in [6.07, 6.45) is 3.18. The zero-order valence-corrected chi connectivity index (χ0v) is 13.7. The summed E-state index contributed by atoms with van der Waals surface area (Å²) in [6, 6.07) is 5.92.